The monoisotopic (exact) mass is 322 g/mol. The summed E-state index contributed by atoms with van der Waals surface area (Å²) in [5, 5.41) is 12.2. The number of nitrogens with zero attached hydrogens (tertiary/aromatic N) is 3. The van der Waals surface area contributed by atoms with Crippen molar-refractivity contribution in [3.8, 4) is 0 Å². The van der Waals surface area contributed by atoms with E-state index >= 15 is 0 Å². The second-order valence-corrected chi connectivity index (χ2v) is 7.97. The molecule has 3 rings (SSSR count). The van der Waals surface area contributed by atoms with E-state index in [9.17, 15) is 14.7 Å². The zero-order valence-corrected chi connectivity index (χ0v) is 13.6. The SMILES string of the molecule is Cc1cc(C)nc(N[C@@H]2C(=O)N3[C@@H]2SC(C)(C)[C@@H]3C(=O)O)n1. The number of β-lactam (4-membered cyclic amide) rings is 1. The van der Waals surface area contributed by atoms with E-state index in [1.807, 2.05) is 33.8 Å². The predicted octanol–water partition coefficient (Wildman–Crippen LogP) is 1.02. The van der Waals surface area contributed by atoms with Gasteiger partial charge >= 0.3 is 5.97 Å². The van der Waals surface area contributed by atoms with Crippen molar-refractivity contribution in [2.45, 2.75) is 49.9 Å². The lowest BCUT2D eigenvalue weighted by Crippen LogP contribution is -2.68. The van der Waals surface area contributed by atoms with E-state index in [0.717, 1.165) is 11.4 Å². The van der Waals surface area contributed by atoms with Gasteiger partial charge in [0.15, 0.2) is 0 Å². The molecule has 0 bridgehead atoms. The number of fused-ring (bicyclic) bond motifs is 1. The summed E-state index contributed by atoms with van der Waals surface area (Å²) < 4.78 is -0.522. The number of carbonyl (C=O) groups excluding carboxylic acids is 1. The highest BCUT2D eigenvalue weighted by molar-refractivity contribution is 8.01. The summed E-state index contributed by atoms with van der Waals surface area (Å²) in [6.07, 6.45) is 0. The standard InChI is InChI=1S/C14H18N4O3S/c1-6-5-7(2)16-13(15-6)17-8-10(19)18-9(12(20)21)14(3,4)22-11(8)18/h5,8-9,11H,1-4H3,(H,20,21)(H,15,16,17)/t8-,9+,11-/m1/s1. The normalized spacial score (nSPS) is 29.0. The topological polar surface area (TPSA) is 95.4 Å². The number of hydrogen-bond acceptors (Lipinski definition) is 6. The van der Waals surface area contributed by atoms with Gasteiger partial charge in [-0.1, -0.05) is 0 Å². The molecule has 8 heteroatoms. The first-order valence-corrected chi connectivity index (χ1v) is 7.90. The average Bonchev–Trinajstić information content (AvgIpc) is 2.63. The number of aryl methyl sites for hydroxylation is 2. The number of nitrogens with one attached hydrogen (secondary N) is 1. The van der Waals surface area contributed by atoms with Crippen LogP contribution in [0.3, 0.4) is 0 Å². The van der Waals surface area contributed by atoms with Gasteiger partial charge in [0.1, 0.15) is 17.5 Å². The molecule has 2 aliphatic heterocycles. The molecule has 0 radical (unpaired) electrons. The molecule has 3 atom stereocenters. The van der Waals surface area contributed by atoms with Gasteiger partial charge in [-0.05, 0) is 33.8 Å². The van der Waals surface area contributed by atoms with E-state index in [2.05, 4.69) is 15.3 Å². The molecular formula is C14H18N4O3S. The summed E-state index contributed by atoms with van der Waals surface area (Å²) in [5.41, 5.74) is 1.64. The molecule has 3 heterocycles. The van der Waals surface area contributed by atoms with Gasteiger partial charge in [-0.3, -0.25) is 4.79 Å². The van der Waals surface area contributed by atoms with Crippen molar-refractivity contribution in [3.05, 3.63) is 17.5 Å². The van der Waals surface area contributed by atoms with E-state index in [-0.39, 0.29) is 11.3 Å². The number of anilines is 1. The lowest BCUT2D eigenvalue weighted by atomic mass is 9.96. The summed E-state index contributed by atoms with van der Waals surface area (Å²) in [4.78, 5) is 33.8. The predicted molar refractivity (Wildman–Crippen MR) is 82.6 cm³/mol. The molecule has 0 spiro atoms. The van der Waals surface area contributed by atoms with Crippen molar-refractivity contribution in [2.24, 2.45) is 0 Å². The molecule has 0 aliphatic carbocycles. The molecule has 7 nitrogen and oxygen atoms in total. The summed E-state index contributed by atoms with van der Waals surface area (Å²) >= 11 is 1.50. The molecule has 2 fully saturated rings. The summed E-state index contributed by atoms with van der Waals surface area (Å²) in [6, 6.07) is 0.580. The Kier molecular flexibility index (Phi) is 3.32. The van der Waals surface area contributed by atoms with Crippen LogP contribution in [-0.4, -0.2) is 54.1 Å². The minimum Gasteiger partial charge on any atom is -0.480 e. The Morgan fingerprint density at radius 3 is 2.50 bits per heavy atom. The Hall–Kier alpha value is -1.83. The second-order valence-electron chi connectivity index (χ2n) is 6.19. The zero-order valence-electron chi connectivity index (χ0n) is 12.8. The number of amides is 1. The van der Waals surface area contributed by atoms with Gasteiger partial charge in [-0.2, -0.15) is 0 Å². The number of hydrogen-bond donors (Lipinski definition) is 2. The molecule has 0 unspecified atom stereocenters. The van der Waals surface area contributed by atoms with Crippen LogP contribution in [0, 0.1) is 13.8 Å². The van der Waals surface area contributed by atoms with Gasteiger partial charge in [0, 0.05) is 16.1 Å². The van der Waals surface area contributed by atoms with Crippen LogP contribution in [-0.2, 0) is 9.59 Å². The lowest BCUT2D eigenvalue weighted by molar-refractivity contribution is -0.158. The van der Waals surface area contributed by atoms with Gasteiger partial charge in [-0.25, -0.2) is 14.8 Å². The molecule has 0 saturated carbocycles. The molecule has 2 N–H and O–H groups in total. The third kappa shape index (κ3) is 2.22. The third-order valence-corrected chi connectivity index (χ3v) is 5.51. The molecule has 1 amide bonds. The third-order valence-electron chi connectivity index (χ3n) is 3.94. The maximum absolute atomic E-state index is 12.4. The molecule has 22 heavy (non-hydrogen) atoms. The van der Waals surface area contributed by atoms with E-state index in [1.165, 1.54) is 16.7 Å². The second kappa shape index (κ2) is 4.84. The quantitative estimate of drug-likeness (QED) is 0.802. The summed E-state index contributed by atoms with van der Waals surface area (Å²) in [6.45, 7) is 7.43. The van der Waals surface area contributed by atoms with Gasteiger partial charge in [0.05, 0.1) is 0 Å². The van der Waals surface area contributed by atoms with E-state index < -0.39 is 22.8 Å². The zero-order chi connectivity index (χ0) is 16.2. The number of thioether (sulfide) groups is 1. The van der Waals surface area contributed by atoms with Crippen LogP contribution in [0.2, 0.25) is 0 Å². The van der Waals surface area contributed by atoms with E-state index in [4.69, 9.17) is 0 Å². The fraction of sp³-hybridized carbons (Fsp3) is 0.571. The molecule has 2 saturated heterocycles. The Labute approximate surface area is 132 Å². The first-order valence-electron chi connectivity index (χ1n) is 7.02. The highest BCUT2D eigenvalue weighted by Crippen LogP contribution is 2.51. The van der Waals surface area contributed by atoms with Gasteiger partial charge in [-0.15, -0.1) is 11.8 Å². The number of rotatable bonds is 3. The number of carboxylic acid groups (broad SMARTS) is 1. The Bertz CT molecular complexity index is 643. The first kappa shape index (κ1) is 15.1. The highest BCUT2D eigenvalue weighted by Gasteiger charge is 2.64. The van der Waals surface area contributed by atoms with Crippen LogP contribution < -0.4 is 5.32 Å². The van der Waals surface area contributed by atoms with Crippen molar-refractivity contribution < 1.29 is 14.7 Å². The van der Waals surface area contributed by atoms with E-state index in [0.29, 0.717) is 5.95 Å². The molecular weight excluding hydrogens is 304 g/mol. The fourth-order valence-corrected chi connectivity index (χ4v) is 4.70. The van der Waals surface area contributed by atoms with Crippen LogP contribution in [0.25, 0.3) is 0 Å². The fourth-order valence-electron chi connectivity index (χ4n) is 3.07. The largest absolute Gasteiger partial charge is 0.480 e. The van der Waals surface area contributed by atoms with Crippen LogP contribution in [0.5, 0.6) is 0 Å². The number of aliphatic carboxylic acids is 1. The molecule has 1 aromatic rings. The van der Waals surface area contributed by atoms with Crippen LogP contribution >= 0.6 is 11.8 Å². The maximum atomic E-state index is 12.4. The molecule has 1 aromatic heterocycles. The minimum atomic E-state index is -0.963. The average molecular weight is 322 g/mol. The number of carbonyl (C=O) groups is 2. The summed E-state index contributed by atoms with van der Waals surface area (Å²) in [7, 11) is 0. The van der Waals surface area contributed by atoms with E-state index in [1.54, 1.807) is 0 Å². The van der Waals surface area contributed by atoms with Gasteiger partial charge < -0.3 is 15.3 Å². The van der Waals surface area contributed by atoms with Crippen molar-refractivity contribution in [1.82, 2.24) is 14.9 Å². The molecule has 118 valence electrons. The first-order chi connectivity index (χ1) is 10.2. The lowest BCUT2D eigenvalue weighted by Gasteiger charge is -2.43. The summed E-state index contributed by atoms with van der Waals surface area (Å²) in [5.74, 6) is -0.764. The maximum Gasteiger partial charge on any atom is 0.327 e. The Morgan fingerprint density at radius 2 is 1.95 bits per heavy atom. The number of carboxylic acids is 1. The van der Waals surface area contributed by atoms with Crippen molar-refractivity contribution in [2.75, 3.05) is 5.32 Å². The smallest absolute Gasteiger partial charge is 0.327 e. The minimum absolute atomic E-state index is 0.201. The van der Waals surface area contributed by atoms with Gasteiger partial charge in [0.25, 0.3) is 0 Å². The molecule has 0 aromatic carbocycles. The van der Waals surface area contributed by atoms with Crippen molar-refractivity contribution >= 4 is 29.6 Å². The van der Waals surface area contributed by atoms with Gasteiger partial charge in [0.2, 0.25) is 11.9 Å². The van der Waals surface area contributed by atoms with Crippen LogP contribution in [0.4, 0.5) is 5.95 Å². The van der Waals surface area contributed by atoms with Crippen LogP contribution in [0.15, 0.2) is 6.07 Å². The van der Waals surface area contributed by atoms with Crippen molar-refractivity contribution in [1.29, 1.82) is 0 Å². The Balaban J connectivity index is 1.82. The van der Waals surface area contributed by atoms with Crippen LogP contribution in [0.1, 0.15) is 25.2 Å². The highest BCUT2D eigenvalue weighted by atomic mass is 32.2. The molecule has 2 aliphatic rings. The van der Waals surface area contributed by atoms with Crippen molar-refractivity contribution in [3.63, 3.8) is 0 Å². The number of aromatic nitrogens is 2. The Morgan fingerprint density at radius 1 is 1.36 bits per heavy atom.